The van der Waals surface area contributed by atoms with Gasteiger partial charge in [0.1, 0.15) is 5.75 Å². The number of carbonyl (C=O) groups excluding carboxylic acids is 2. The molecule has 0 unspecified atom stereocenters. The van der Waals surface area contributed by atoms with Crippen LogP contribution in [0.3, 0.4) is 0 Å². The fourth-order valence-electron chi connectivity index (χ4n) is 2.64. The topological polar surface area (TPSA) is 58.6 Å². The number of benzene rings is 2. The minimum atomic E-state index is -0.178. The number of fused-ring (bicyclic) bond motifs is 1. The second kappa shape index (κ2) is 6.58. The molecular weight excluding hydrogens is 304 g/mol. The second-order valence-electron chi connectivity index (χ2n) is 5.53. The number of amides is 2. The lowest BCUT2D eigenvalue weighted by Gasteiger charge is -2.28. The van der Waals surface area contributed by atoms with Gasteiger partial charge in [-0.25, -0.2) is 0 Å². The van der Waals surface area contributed by atoms with Gasteiger partial charge in [0.2, 0.25) is 0 Å². The van der Waals surface area contributed by atoms with E-state index < -0.39 is 0 Å². The molecule has 0 aromatic heterocycles. The summed E-state index contributed by atoms with van der Waals surface area (Å²) in [6, 6.07) is 12.7. The highest BCUT2D eigenvalue weighted by molar-refractivity contribution is 6.06. The van der Waals surface area contributed by atoms with Gasteiger partial charge in [0.15, 0.2) is 6.61 Å². The Morgan fingerprint density at radius 3 is 2.88 bits per heavy atom. The Morgan fingerprint density at radius 1 is 1.33 bits per heavy atom. The molecule has 0 radical (unpaired) electrons. The maximum Gasteiger partial charge on any atom is 0.265 e. The van der Waals surface area contributed by atoms with E-state index in [0.717, 1.165) is 5.56 Å². The van der Waals surface area contributed by atoms with Gasteiger partial charge in [0.25, 0.3) is 11.8 Å². The summed E-state index contributed by atoms with van der Waals surface area (Å²) in [5.74, 6) is 0.279. The van der Waals surface area contributed by atoms with Crippen molar-refractivity contribution in [3.05, 3.63) is 66.2 Å². The summed E-state index contributed by atoms with van der Waals surface area (Å²) in [5.41, 5.74) is 2.83. The van der Waals surface area contributed by atoms with Gasteiger partial charge < -0.3 is 15.0 Å². The molecule has 1 aliphatic rings. The number of aryl methyl sites for hydroxylation is 1. The lowest BCUT2D eigenvalue weighted by Crippen LogP contribution is -2.38. The Labute approximate surface area is 140 Å². The Bertz CT molecular complexity index is 814. The Kier molecular flexibility index (Phi) is 4.33. The smallest absolute Gasteiger partial charge is 0.265 e. The van der Waals surface area contributed by atoms with Gasteiger partial charge in [-0.3, -0.25) is 9.59 Å². The molecule has 24 heavy (non-hydrogen) atoms. The van der Waals surface area contributed by atoms with Crippen LogP contribution in [0.4, 0.5) is 11.4 Å². The number of rotatable bonds is 4. The fraction of sp³-hybridized carbons (Fsp3) is 0.158. The molecule has 2 aromatic carbocycles. The van der Waals surface area contributed by atoms with Crippen LogP contribution in [0.15, 0.2) is 55.1 Å². The summed E-state index contributed by atoms with van der Waals surface area (Å²) in [5, 5.41) is 2.86. The molecule has 2 aromatic rings. The van der Waals surface area contributed by atoms with E-state index in [1.54, 1.807) is 35.2 Å². The maximum absolute atomic E-state index is 12.4. The van der Waals surface area contributed by atoms with Gasteiger partial charge in [-0.15, -0.1) is 6.58 Å². The molecule has 1 N–H and O–H groups in total. The summed E-state index contributed by atoms with van der Waals surface area (Å²) in [7, 11) is 0. The summed E-state index contributed by atoms with van der Waals surface area (Å²) in [4.78, 5) is 25.9. The zero-order chi connectivity index (χ0) is 17.1. The van der Waals surface area contributed by atoms with Crippen molar-refractivity contribution >= 4 is 23.2 Å². The zero-order valence-corrected chi connectivity index (χ0v) is 13.4. The Balaban J connectivity index is 1.84. The van der Waals surface area contributed by atoms with Crippen LogP contribution in [0.5, 0.6) is 5.75 Å². The third-order valence-corrected chi connectivity index (χ3v) is 3.86. The molecular formula is C19H18N2O3. The van der Waals surface area contributed by atoms with Gasteiger partial charge >= 0.3 is 0 Å². The SMILES string of the molecule is C=CCN1C(=O)COc2cc(NC(=O)c3ccccc3C)ccc21. The first kappa shape index (κ1) is 15.8. The quantitative estimate of drug-likeness (QED) is 0.880. The van der Waals surface area contributed by atoms with Gasteiger partial charge in [-0.1, -0.05) is 24.3 Å². The second-order valence-corrected chi connectivity index (χ2v) is 5.53. The summed E-state index contributed by atoms with van der Waals surface area (Å²) in [6.45, 7) is 5.96. The molecule has 5 heteroatoms. The molecule has 2 amide bonds. The predicted octanol–water partition coefficient (Wildman–Crippen LogP) is 3.16. The van der Waals surface area contributed by atoms with Crippen LogP contribution in [0.2, 0.25) is 0 Å². The van der Waals surface area contributed by atoms with E-state index in [9.17, 15) is 9.59 Å². The van der Waals surface area contributed by atoms with Crippen LogP contribution >= 0.6 is 0 Å². The van der Waals surface area contributed by atoms with E-state index in [4.69, 9.17) is 4.74 Å². The first-order valence-corrected chi connectivity index (χ1v) is 7.65. The molecule has 5 nitrogen and oxygen atoms in total. The van der Waals surface area contributed by atoms with Crippen molar-refractivity contribution in [2.45, 2.75) is 6.92 Å². The largest absolute Gasteiger partial charge is 0.481 e. The van der Waals surface area contributed by atoms with Gasteiger partial charge in [-0.05, 0) is 30.7 Å². The summed E-state index contributed by atoms with van der Waals surface area (Å²) in [6.07, 6.45) is 1.67. The van der Waals surface area contributed by atoms with E-state index in [2.05, 4.69) is 11.9 Å². The normalized spacial score (nSPS) is 13.0. The van der Waals surface area contributed by atoms with Crippen molar-refractivity contribution < 1.29 is 14.3 Å². The van der Waals surface area contributed by atoms with E-state index in [1.807, 2.05) is 25.1 Å². The minimum absolute atomic E-state index is 0.0178. The highest BCUT2D eigenvalue weighted by Gasteiger charge is 2.24. The zero-order valence-electron chi connectivity index (χ0n) is 13.4. The maximum atomic E-state index is 12.4. The molecule has 3 rings (SSSR count). The lowest BCUT2D eigenvalue weighted by atomic mass is 10.1. The monoisotopic (exact) mass is 322 g/mol. The highest BCUT2D eigenvalue weighted by atomic mass is 16.5. The fourth-order valence-corrected chi connectivity index (χ4v) is 2.64. The number of carbonyl (C=O) groups is 2. The van der Waals surface area contributed by atoms with Crippen LogP contribution in [-0.4, -0.2) is 25.0 Å². The number of nitrogens with zero attached hydrogens (tertiary/aromatic N) is 1. The average Bonchev–Trinajstić information content (AvgIpc) is 2.58. The van der Waals surface area contributed by atoms with Gasteiger partial charge in [-0.2, -0.15) is 0 Å². The van der Waals surface area contributed by atoms with Crippen LogP contribution in [-0.2, 0) is 4.79 Å². The third kappa shape index (κ3) is 3.01. The minimum Gasteiger partial charge on any atom is -0.481 e. The summed E-state index contributed by atoms with van der Waals surface area (Å²) >= 11 is 0. The molecule has 0 bridgehead atoms. The number of hydrogen-bond acceptors (Lipinski definition) is 3. The third-order valence-electron chi connectivity index (χ3n) is 3.86. The van der Waals surface area contributed by atoms with Crippen molar-refractivity contribution in [2.24, 2.45) is 0 Å². The van der Waals surface area contributed by atoms with Crippen molar-refractivity contribution in [2.75, 3.05) is 23.4 Å². The van der Waals surface area contributed by atoms with E-state index >= 15 is 0 Å². The highest BCUT2D eigenvalue weighted by Crippen LogP contribution is 2.34. The molecule has 122 valence electrons. The first-order chi connectivity index (χ1) is 11.6. The van der Waals surface area contributed by atoms with Crippen molar-refractivity contribution in [3.8, 4) is 5.75 Å². The first-order valence-electron chi connectivity index (χ1n) is 7.65. The molecule has 1 aliphatic heterocycles. The van der Waals surface area contributed by atoms with Crippen LogP contribution in [0.25, 0.3) is 0 Å². The van der Waals surface area contributed by atoms with Crippen molar-refractivity contribution in [1.29, 1.82) is 0 Å². The standard InChI is InChI=1S/C19H18N2O3/c1-3-10-21-16-9-8-14(11-17(16)24-12-18(21)22)20-19(23)15-7-5-4-6-13(15)2/h3-9,11H,1,10,12H2,2H3,(H,20,23). The van der Waals surface area contributed by atoms with E-state index in [0.29, 0.717) is 29.2 Å². The molecule has 0 aliphatic carbocycles. The Morgan fingerprint density at radius 2 is 2.12 bits per heavy atom. The number of hydrogen-bond donors (Lipinski definition) is 1. The van der Waals surface area contributed by atoms with E-state index in [1.165, 1.54) is 0 Å². The van der Waals surface area contributed by atoms with Gasteiger partial charge in [0.05, 0.1) is 5.69 Å². The molecule has 0 spiro atoms. The van der Waals surface area contributed by atoms with E-state index in [-0.39, 0.29) is 18.4 Å². The van der Waals surface area contributed by atoms with Crippen LogP contribution < -0.4 is 15.0 Å². The Hall–Kier alpha value is -3.08. The van der Waals surface area contributed by atoms with Crippen molar-refractivity contribution in [1.82, 2.24) is 0 Å². The molecule has 1 heterocycles. The van der Waals surface area contributed by atoms with Crippen LogP contribution in [0.1, 0.15) is 15.9 Å². The number of nitrogens with one attached hydrogen (secondary N) is 1. The summed E-state index contributed by atoms with van der Waals surface area (Å²) < 4.78 is 5.49. The van der Waals surface area contributed by atoms with Crippen molar-refractivity contribution in [3.63, 3.8) is 0 Å². The molecule has 0 fully saturated rings. The molecule has 0 saturated heterocycles. The predicted molar refractivity (Wildman–Crippen MR) is 93.6 cm³/mol. The average molecular weight is 322 g/mol. The molecule has 0 saturated carbocycles. The van der Waals surface area contributed by atoms with Crippen LogP contribution in [0, 0.1) is 6.92 Å². The van der Waals surface area contributed by atoms with Gasteiger partial charge in [0, 0.05) is 23.9 Å². The number of anilines is 2. The lowest BCUT2D eigenvalue weighted by molar-refractivity contribution is -0.121. The number of ether oxygens (including phenoxy) is 1. The molecule has 0 atom stereocenters.